The van der Waals surface area contributed by atoms with Gasteiger partial charge in [-0.05, 0) is 44.3 Å². The van der Waals surface area contributed by atoms with E-state index in [4.69, 9.17) is 0 Å². The van der Waals surface area contributed by atoms with E-state index in [2.05, 4.69) is 37.9 Å². The molecule has 0 aromatic heterocycles. The van der Waals surface area contributed by atoms with Gasteiger partial charge in [-0.15, -0.1) is 0 Å². The molecule has 1 heterocycles. The van der Waals surface area contributed by atoms with E-state index in [-0.39, 0.29) is 0 Å². The SMILES string of the molecule is CCCCN(CC)CCC1CC(C)(C)CN1. The van der Waals surface area contributed by atoms with Crippen molar-refractivity contribution in [2.24, 2.45) is 5.41 Å². The van der Waals surface area contributed by atoms with Crippen LogP contribution in [0.25, 0.3) is 0 Å². The topological polar surface area (TPSA) is 15.3 Å². The van der Waals surface area contributed by atoms with Gasteiger partial charge >= 0.3 is 0 Å². The molecule has 0 spiro atoms. The van der Waals surface area contributed by atoms with Crippen LogP contribution in [0.2, 0.25) is 0 Å². The molecule has 1 rings (SSSR count). The van der Waals surface area contributed by atoms with Crippen molar-refractivity contribution in [2.45, 2.75) is 59.4 Å². The van der Waals surface area contributed by atoms with Gasteiger partial charge in [-0.3, -0.25) is 0 Å². The van der Waals surface area contributed by atoms with E-state index in [9.17, 15) is 0 Å². The predicted octanol–water partition coefficient (Wildman–Crippen LogP) is 2.89. The van der Waals surface area contributed by atoms with Gasteiger partial charge in [0.1, 0.15) is 0 Å². The molecular weight excluding hydrogens is 196 g/mol. The fourth-order valence-corrected chi connectivity index (χ4v) is 2.58. The van der Waals surface area contributed by atoms with Crippen molar-refractivity contribution in [3.63, 3.8) is 0 Å². The van der Waals surface area contributed by atoms with Crippen molar-refractivity contribution < 1.29 is 0 Å². The van der Waals surface area contributed by atoms with Gasteiger partial charge < -0.3 is 10.2 Å². The smallest absolute Gasteiger partial charge is 0.00850 e. The molecule has 2 heteroatoms. The lowest BCUT2D eigenvalue weighted by Gasteiger charge is -2.22. The summed E-state index contributed by atoms with van der Waals surface area (Å²) in [5.74, 6) is 0. The van der Waals surface area contributed by atoms with Crippen molar-refractivity contribution in [3.05, 3.63) is 0 Å². The van der Waals surface area contributed by atoms with Crippen molar-refractivity contribution in [1.29, 1.82) is 0 Å². The second-order valence-corrected chi connectivity index (χ2v) is 6.02. The first-order valence-corrected chi connectivity index (χ1v) is 7.03. The molecule has 0 saturated carbocycles. The minimum absolute atomic E-state index is 0.519. The monoisotopic (exact) mass is 226 g/mol. The minimum atomic E-state index is 0.519. The first-order valence-electron chi connectivity index (χ1n) is 7.03. The second kappa shape index (κ2) is 6.61. The van der Waals surface area contributed by atoms with Crippen LogP contribution in [0.15, 0.2) is 0 Å². The highest BCUT2D eigenvalue weighted by molar-refractivity contribution is 4.87. The molecule has 0 aromatic carbocycles. The lowest BCUT2D eigenvalue weighted by atomic mass is 9.90. The summed E-state index contributed by atoms with van der Waals surface area (Å²) in [4.78, 5) is 2.59. The molecule has 0 aromatic rings. The molecule has 16 heavy (non-hydrogen) atoms. The van der Waals surface area contributed by atoms with E-state index in [1.807, 2.05) is 0 Å². The standard InChI is InChI=1S/C14H30N2/c1-5-7-9-16(6-2)10-8-13-11-14(3,4)12-15-13/h13,15H,5-12H2,1-4H3. The van der Waals surface area contributed by atoms with Crippen molar-refractivity contribution in [3.8, 4) is 0 Å². The van der Waals surface area contributed by atoms with Crippen LogP contribution in [0, 0.1) is 5.41 Å². The van der Waals surface area contributed by atoms with Crippen LogP contribution < -0.4 is 5.32 Å². The maximum Gasteiger partial charge on any atom is 0.00850 e. The minimum Gasteiger partial charge on any atom is -0.313 e. The Balaban J connectivity index is 2.17. The highest BCUT2D eigenvalue weighted by Crippen LogP contribution is 2.28. The Kier molecular flexibility index (Phi) is 5.77. The first kappa shape index (κ1) is 14.0. The average molecular weight is 226 g/mol. The summed E-state index contributed by atoms with van der Waals surface area (Å²) in [5.41, 5.74) is 0.519. The van der Waals surface area contributed by atoms with Crippen LogP contribution in [0.3, 0.4) is 0 Å². The fourth-order valence-electron chi connectivity index (χ4n) is 2.58. The summed E-state index contributed by atoms with van der Waals surface area (Å²) in [7, 11) is 0. The molecule has 1 fully saturated rings. The summed E-state index contributed by atoms with van der Waals surface area (Å²) in [6.07, 6.45) is 5.32. The van der Waals surface area contributed by atoms with Gasteiger partial charge in [0.15, 0.2) is 0 Å². The van der Waals surface area contributed by atoms with Crippen LogP contribution in [0.4, 0.5) is 0 Å². The van der Waals surface area contributed by atoms with Gasteiger partial charge in [-0.1, -0.05) is 34.1 Å². The van der Waals surface area contributed by atoms with Crippen LogP contribution in [-0.2, 0) is 0 Å². The number of nitrogens with zero attached hydrogens (tertiary/aromatic N) is 1. The second-order valence-electron chi connectivity index (χ2n) is 6.02. The Morgan fingerprint density at radius 2 is 2.00 bits per heavy atom. The molecule has 0 aliphatic carbocycles. The molecule has 1 saturated heterocycles. The maximum absolute atomic E-state index is 3.66. The molecule has 0 amide bonds. The largest absolute Gasteiger partial charge is 0.313 e. The van der Waals surface area contributed by atoms with E-state index in [0.717, 1.165) is 6.04 Å². The van der Waals surface area contributed by atoms with Crippen LogP contribution in [0.1, 0.15) is 53.4 Å². The van der Waals surface area contributed by atoms with E-state index >= 15 is 0 Å². The van der Waals surface area contributed by atoms with E-state index in [1.54, 1.807) is 0 Å². The summed E-state index contributed by atoms with van der Waals surface area (Å²) < 4.78 is 0. The quantitative estimate of drug-likeness (QED) is 0.718. The molecule has 1 N–H and O–H groups in total. The Morgan fingerprint density at radius 3 is 2.50 bits per heavy atom. The maximum atomic E-state index is 3.66. The van der Waals surface area contributed by atoms with Crippen molar-refractivity contribution in [1.82, 2.24) is 10.2 Å². The Morgan fingerprint density at radius 1 is 1.25 bits per heavy atom. The van der Waals surface area contributed by atoms with Crippen molar-refractivity contribution >= 4 is 0 Å². The van der Waals surface area contributed by atoms with Crippen LogP contribution >= 0.6 is 0 Å². The van der Waals surface area contributed by atoms with Gasteiger partial charge in [0.25, 0.3) is 0 Å². The average Bonchev–Trinajstić information content (AvgIpc) is 2.59. The van der Waals surface area contributed by atoms with E-state index in [1.165, 1.54) is 51.9 Å². The van der Waals surface area contributed by atoms with Gasteiger partial charge in [-0.25, -0.2) is 0 Å². The molecule has 1 aliphatic heterocycles. The van der Waals surface area contributed by atoms with Gasteiger partial charge in [0.05, 0.1) is 0 Å². The first-order chi connectivity index (χ1) is 7.57. The zero-order chi connectivity index (χ0) is 12.0. The molecule has 0 radical (unpaired) electrons. The Labute approximate surface area is 102 Å². The highest BCUT2D eigenvalue weighted by Gasteiger charge is 2.30. The number of nitrogens with one attached hydrogen (secondary N) is 1. The third-order valence-corrected chi connectivity index (χ3v) is 3.74. The van der Waals surface area contributed by atoms with Gasteiger partial charge in [-0.2, -0.15) is 0 Å². The summed E-state index contributed by atoms with van der Waals surface area (Å²) in [5, 5.41) is 3.66. The number of hydrogen-bond acceptors (Lipinski definition) is 2. The Bertz CT molecular complexity index is 189. The molecule has 96 valence electrons. The molecule has 0 bridgehead atoms. The number of hydrogen-bond donors (Lipinski definition) is 1. The lowest BCUT2D eigenvalue weighted by molar-refractivity contribution is 0.265. The third-order valence-electron chi connectivity index (χ3n) is 3.74. The molecule has 1 unspecified atom stereocenters. The lowest BCUT2D eigenvalue weighted by Crippen LogP contribution is -2.31. The molecule has 2 nitrogen and oxygen atoms in total. The highest BCUT2D eigenvalue weighted by atomic mass is 15.1. The number of rotatable bonds is 7. The summed E-state index contributed by atoms with van der Waals surface area (Å²) in [6, 6.07) is 0.755. The molecule has 1 atom stereocenters. The number of unbranched alkanes of at least 4 members (excludes halogenated alkanes) is 1. The van der Waals surface area contributed by atoms with E-state index in [0.29, 0.717) is 5.41 Å². The van der Waals surface area contributed by atoms with Crippen LogP contribution in [0.5, 0.6) is 0 Å². The zero-order valence-corrected chi connectivity index (χ0v) is 11.7. The Hall–Kier alpha value is -0.0800. The molecule has 1 aliphatic rings. The normalized spacial score (nSPS) is 24.2. The third kappa shape index (κ3) is 4.84. The summed E-state index contributed by atoms with van der Waals surface area (Å²) in [6.45, 7) is 14.2. The summed E-state index contributed by atoms with van der Waals surface area (Å²) >= 11 is 0. The predicted molar refractivity (Wildman–Crippen MR) is 71.8 cm³/mol. The molecular formula is C14H30N2. The fraction of sp³-hybridized carbons (Fsp3) is 1.00. The van der Waals surface area contributed by atoms with Gasteiger partial charge in [0, 0.05) is 12.6 Å². The van der Waals surface area contributed by atoms with Crippen molar-refractivity contribution in [2.75, 3.05) is 26.2 Å². The van der Waals surface area contributed by atoms with Crippen LogP contribution in [-0.4, -0.2) is 37.1 Å². The van der Waals surface area contributed by atoms with E-state index < -0.39 is 0 Å². The zero-order valence-electron chi connectivity index (χ0n) is 11.7. The van der Waals surface area contributed by atoms with Gasteiger partial charge in [0.2, 0.25) is 0 Å².